The van der Waals surface area contributed by atoms with Gasteiger partial charge in [-0.2, -0.15) is 13.2 Å². The van der Waals surface area contributed by atoms with Crippen LogP contribution in [0.2, 0.25) is 0 Å². The molecule has 2 heterocycles. The number of carbonyl (C=O) groups is 2. The lowest BCUT2D eigenvalue weighted by Gasteiger charge is -2.40. The van der Waals surface area contributed by atoms with Gasteiger partial charge in [0.2, 0.25) is 11.8 Å². The highest BCUT2D eigenvalue weighted by Crippen LogP contribution is 2.39. The molecule has 1 atom stereocenters. The number of benzene rings is 1. The molecule has 1 aromatic carbocycles. The standard InChI is InChI=1S/C22H30F3N3O2S/c1-20(2,3)12-18(29)28-9-7-21(8-10-28)27-17(14-31-21)19(30)26-13-15-5-4-6-16(11-15)22(23,24)25/h4-6,11,17,27H,7-10,12-14H2,1-3H3,(H,26,30). The monoisotopic (exact) mass is 457 g/mol. The van der Waals surface area contributed by atoms with Crippen LogP contribution < -0.4 is 10.6 Å². The van der Waals surface area contributed by atoms with Crippen molar-refractivity contribution in [2.45, 2.75) is 63.7 Å². The molecular formula is C22H30F3N3O2S. The number of rotatable bonds is 4. The lowest BCUT2D eigenvalue weighted by atomic mass is 9.91. The van der Waals surface area contributed by atoms with Gasteiger partial charge in [-0.05, 0) is 36.0 Å². The van der Waals surface area contributed by atoms with Crippen molar-refractivity contribution in [1.82, 2.24) is 15.5 Å². The fraction of sp³-hybridized carbons (Fsp3) is 0.636. The Bertz CT molecular complexity index is 815. The van der Waals surface area contributed by atoms with Crippen molar-refractivity contribution in [3.63, 3.8) is 0 Å². The van der Waals surface area contributed by atoms with Gasteiger partial charge in [0.1, 0.15) is 0 Å². The number of alkyl halides is 3. The molecule has 0 bridgehead atoms. The van der Waals surface area contributed by atoms with E-state index in [4.69, 9.17) is 0 Å². The summed E-state index contributed by atoms with van der Waals surface area (Å²) in [6, 6.07) is 4.59. The Kier molecular flexibility index (Phi) is 6.96. The van der Waals surface area contributed by atoms with Gasteiger partial charge in [0.15, 0.2) is 0 Å². The molecule has 0 radical (unpaired) electrons. The molecule has 2 aliphatic heterocycles. The molecule has 0 aromatic heterocycles. The summed E-state index contributed by atoms with van der Waals surface area (Å²) in [4.78, 5) is 26.7. The van der Waals surface area contributed by atoms with Gasteiger partial charge in [0, 0.05) is 31.8 Å². The Labute approximate surface area is 185 Å². The fourth-order valence-corrected chi connectivity index (χ4v) is 5.34. The van der Waals surface area contributed by atoms with E-state index in [1.807, 2.05) is 25.7 Å². The van der Waals surface area contributed by atoms with E-state index >= 15 is 0 Å². The number of halogens is 3. The van der Waals surface area contributed by atoms with E-state index in [-0.39, 0.29) is 28.6 Å². The molecule has 0 saturated carbocycles. The van der Waals surface area contributed by atoms with Gasteiger partial charge >= 0.3 is 6.18 Å². The molecule has 0 aliphatic carbocycles. The van der Waals surface area contributed by atoms with Crippen LogP contribution in [0.15, 0.2) is 24.3 Å². The van der Waals surface area contributed by atoms with Crippen LogP contribution in [-0.4, -0.2) is 46.5 Å². The van der Waals surface area contributed by atoms with Gasteiger partial charge in [0.25, 0.3) is 0 Å². The highest BCUT2D eigenvalue weighted by atomic mass is 32.2. The van der Waals surface area contributed by atoms with Gasteiger partial charge in [-0.15, -0.1) is 11.8 Å². The molecule has 2 N–H and O–H groups in total. The molecule has 9 heteroatoms. The minimum absolute atomic E-state index is 0.0463. The minimum Gasteiger partial charge on any atom is -0.351 e. The SMILES string of the molecule is CC(C)(C)CC(=O)N1CCC2(CC1)NC(C(=O)NCc1cccc(C(F)(F)F)c1)CS2. The molecule has 2 amide bonds. The van der Waals surface area contributed by atoms with E-state index in [1.165, 1.54) is 6.07 Å². The largest absolute Gasteiger partial charge is 0.416 e. The van der Waals surface area contributed by atoms with E-state index in [0.29, 0.717) is 30.8 Å². The summed E-state index contributed by atoms with van der Waals surface area (Å²) in [5.74, 6) is 0.554. The van der Waals surface area contributed by atoms with Crippen molar-refractivity contribution in [3.8, 4) is 0 Å². The molecule has 1 aromatic rings. The maximum Gasteiger partial charge on any atom is 0.416 e. The minimum atomic E-state index is -4.40. The quantitative estimate of drug-likeness (QED) is 0.723. The zero-order valence-corrected chi connectivity index (χ0v) is 19.0. The van der Waals surface area contributed by atoms with Crippen molar-refractivity contribution in [3.05, 3.63) is 35.4 Å². The van der Waals surface area contributed by atoms with Crippen molar-refractivity contribution in [2.24, 2.45) is 5.41 Å². The summed E-state index contributed by atoms with van der Waals surface area (Å²) >= 11 is 1.70. The Hall–Kier alpha value is -1.74. The number of piperidine rings is 1. The van der Waals surface area contributed by atoms with Crippen molar-refractivity contribution >= 4 is 23.6 Å². The number of hydrogen-bond donors (Lipinski definition) is 2. The highest BCUT2D eigenvalue weighted by molar-refractivity contribution is 8.01. The first-order valence-corrected chi connectivity index (χ1v) is 11.5. The molecule has 172 valence electrons. The summed E-state index contributed by atoms with van der Waals surface area (Å²) in [6.07, 6.45) is -2.35. The van der Waals surface area contributed by atoms with Gasteiger partial charge in [-0.1, -0.05) is 32.9 Å². The molecule has 31 heavy (non-hydrogen) atoms. The molecule has 5 nitrogen and oxygen atoms in total. The molecule has 1 unspecified atom stereocenters. The van der Waals surface area contributed by atoms with Crippen LogP contribution in [0.4, 0.5) is 13.2 Å². The number of amides is 2. The van der Waals surface area contributed by atoms with Gasteiger partial charge in [0.05, 0.1) is 16.5 Å². The Morgan fingerprint density at radius 2 is 1.90 bits per heavy atom. The third-order valence-corrected chi connectivity index (χ3v) is 7.19. The van der Waals surface area contributed by atoms with Crippen LogP contribution in [0.3, 0.4) is 0 Å². The zero-order valence-electron chi connectivity index (χ0n) is 18.1. The van der Waals surface area contributed by atoms with E-state index in [9.17, 15) is 22.8 Å². The molecular weight excluding hydrogens is 427 g/mol. The molecule has 2 aliphatic rings. The fourth-order valence-electron chi connectivity index (χ4n) is 3.93. The molecule has 1 spiro atoms. The Morgan fingerprint density at radius 3 is 2.52 bits per heavy atom. The topological polar surface area (TPSA) is 61.4 Å². The number of nitrogens with zero attached hydrogens (tertiary/aromatic N) is 1. The first-order valence-electron chi connectivity index (χ1n) is 10.5. The Morgan fingerprint density at radius 1 is 1.23 bits per heavy atom. The third-order valence-electron chi connectivity index (χ3n) is 5.61. The number of hydrogen-bond acceptors (Lipinski definition) is 4. The summed E-state index contributed by atoms with van der Waals surface area (Å²) in [5.41, 5.74) is -0.357. The molecule has 2 fully saturated rings. The van der Waals surface area contributed by atoms with E-state index in [2.05, 4.69) is 10.6 Å². The predicted octanol–water partition coefficient (Wildman–Crippen LogP) is 3.78. The highest BCUT2D eigenvalue weighted by Gasteiger charge is 2.44. The third kappa shape index (κ3) is 6.38. The summed E-state index contributed by atoms with van der Waals surface area (Å²) in [6.45, 7) is 7.52. The Balaban J connectivity index is 1.49. The van der Waals surface area contributed by atoms with Crippen molar-refractivity contribution in [2.75, 3.05) is 18.8 Å². The number of thioether (sulfide) groups is 1. The second-order valence-corrected chi connectivity index (χ2v) is 10.9. The molecule has 3 rings (SSSR count). The van der Waals surface area contributed by atoms with Crippen LogP contribution >= 0.6 is 11.8 Å². The molecule has 2 saturated heterocycles. The summed E-state index contributed by atoms with van der Waals surface area (Å²) in [5, 5.41) is 6.17. The van der Waals surface area contributed by atoms with Crippen LogP contribution in [0.25, 0.3) is 0 Å². The van der Waals surface area contributed by atoms with Gasteiger partial charge in [-0.3, -0.25) is 14.9 Å². The summed E-state index contributed by atoms with van der Waals surface area (Å²) in [7, 11) is 0. The van der Waals surface area contributed by atoms with E-state index in [1.54, 1.807) is 17.8 Å². The lowest BCUT2D eigenvalue weighted by molar-refractivity contribution is -0.137. The second-order valence-electron chi connectivity index (χ2n) is 9.54. The maximum absolute atomic E-state index is 12.8. The van der Waals surface area contributed by atoms with Crippen LogP contribution in [0, 0.1) is 5.41 Å². The van der Waals surface area contributed by atoms with E-state index < -0.39 is 17.8 Å². The first kappa shape index (κ1) is 23.9. The average molecular weight is 458 g/mol. The van der Waals surface area contributed by atoms with Crippen LogP contribution in [0.1, 0.15) is 51.2 Å². The lowest BCUT2D eigenvalue weighted by Crippen LogP contribution is -2.54. The smallest absolute Gasteiger partial charge is 0.351 e. The zero-order chi connectivity index (χ0) is 22.9. The predicted molar refractivity (Wildman–Crippen MR) is 115 cm³/mol. The number of carbonyl (C=O) groups excluding carboxylic acids is 2. The number of likely N-dealkylation sites (tertiary alicyclic amines) is 1. The number of nitrogens with one attached hydrogen (secondary N) is 2. The van der Waals surface area contributed by atoms with Gasteiger partial charge < -0.3 is 10.2 Å². The average Bonchev–Trinajstić information content (AvgIpc) is 3.08. The van der Waals surface area contributed by atoms with Crippen molar-refractivity contribution in [1.29, 1.82) is 0 Å². The maximum atomic E-state index is 12.8. The van der Waals surface area contributed by atoms with Crippen molar-refractivity contribution < 1.29 is 22.8 Å². The first-order chi connectivity index (χ1) is 14.4. The van der Waals surface area contributed by atoms with Crippen LogP contribution in [0.5, 0.6) is 0 Å². The van der Waals surface area contributed by atoms with Gasteiger partial charge in [-0.25, -0.2) is 0 Å². The summed E-state index contributed by atoms with van der Waals surface area (Å²) < 4.78 is 38.5. The van der Waals surface area contributed by atoms with Crippen LogP contribution in [-0.2, 0) is 22.3 Å². The normalized spacial score (nSPS) is 21.4. The second kappa shape index (κ2) is 9.02. The van der Waals surface area contributed by atoms with E-state index in [0.717, 1.165) is 25.0 Å².